The van der Waals surface area contributed by atoms with Crippen molar-refractivity contribution in [3.8, 4) is 0 Å². The van der Waals surface area contributed by atoms with E-state index in [9.17, 15) is 8.42 Å². The van der Waals surface area contributed by atoms with E-state index in [0.29, 0.717) is 15.6 Å². The largest absolute Gasteiger partial charge is 0.235 e. The number of para-hydroxylation sites is 1. The van der Waals surface area contributed by atoms with Gasteiger partial charge in [-0.1, -0.05) is 35.9 Å². The third-order valence-electron chi connectivity index (χ3n) is 2.76. The van der Waals surface area contributed by atoms with Crippen LogP contribution in [0.5, 0.6) is 0 Å². The fourth-order valence-electron chi connectivity index (χ4n) is 1.86. The van der Waals surface area contributed by atoms with Crippen molar-refractivity contribution in [1.29, 1.82) is 0 Å². The molecule has 0 saturated heterocycles. The van der Waals surface area contributed by atoms with Crippen molar-refractivity contribution >= 4 is 48.3 Å². The van der Waals surface area contributed by atoms with Gasteiger partial charge < -0.3 is 0 Å². The molecule has 0 radical (unpaired) electrons. The van der Waals surface area contributed by atoms with Crippen molar-refractivity contribution in [3.05, 3.63) is 64.1 Å². The molecular formula is C14H8ClNO2S2. The first kappa shape index (κ1) is 13.3. The van der Waals surface area contributed by atoms with Crippen LogP contribution in [-0.4, -0.2) is 18.3 Å². The summed E-state index contributed by atoms with van der Waals surface area (Å²) in [5, 5.41) is 1.05. The zero-order valence-corrected chi connectivity index (χ0v) is 12.5. The van der Waals surface area contributed by atoms with E-state index in [1.54, 1.807) is 24.3 Å². The zero-order valence-electron chi connectivity index (χ0n) is 10.1. The van der Waals surface area contributed by atoms with E-state index in [1.165, 1.54) is 11.3 Å². The molecule has 3 nitrogen and oxygen atoms in total. The molecule has 0 amide bonds. The summed E-state index contributed by atoms with van der Waals surface area (Å²) < 4.78 is 24.1. The molecule has 0 aliphatic carbocycles. The third-order valence-corrected chi connectivity index (χ3v) is 4.96. The van der Waals surface area contributed by atoms with E-state index in [2.05, 4.69) is 4.98 Å². The van der Waals surface area contributed by atoms with Gasteiger partial charge in [-0.3, -0.25) is 0 Å². The number of thiazole rings is 1. The minimum absolute atomic E-state index is 0.197. The maximum absolute atomic E-state index is 11.6. The lowest BCUT2D eigenvalue weighted by Gasteiger charge is -1.99. The Morgan fingerprint density at radius 2 is 1.75 bits per heavy atom. The van der Waals surface area contributed by atoms with Crippen molar-refractivity contribution < 1.29 is 8.42 Å². The van der Waals surface area contributed by atoms with Gasteiger partial charge in [-0.25, -0.2) is 4.98 Å². The number of rotatable bonds is 2. The normalized spacial score (nSPS) is 10.7. The smallest absolute Gasteiger partial charge is 0.225 e. The van der Waals surface area contributed by atoms with E-state index in [4.69, 9.17) is 11.6 Å². The number of nitrogens with zero attached hydrogens (tertiary/aromatic N) is 1. The number of halogens is 1. The predicted octanol–water partition coefficient (Wildman–Crippen LogP) is 3.40. The summed E-state index contributed by atoms with van der Waals surface area (Å²) in [5.74, 6) is 0. The molecule has 3 rings (SSSR count). The highest BCUT2D eigenvalue weighted by Crippen LogP contribution is 2.24. The summed E-state index contributed by atoms with van der Waals surface area (Å²) in [6, 6.07) is 14.3. The molecule has 0 fully saturated rings. The van der Waals surface area contributed by atoms with E-state index < -0.39 is 10.3 Å². The number of hydrogen-bond donors (Lipinski definition) is 0. The zero-order chi connectivity index (χ0) is 14.1. The average molecular weight is 322 g/mol. The number of hydrogen-bond acceptors (Lipinski definition) is 4. The van der Waals surface area contributed by atoms with Crippen LogP contribution in [0.2, 0.25) is 5.02 Å². The van der Waals surface area contributed by atoms with Crippen molar-refractivity contribution in [1.82, 2.24) is 4.98 Å². The maximum Gasteiger partial charge on any atom is 0.225 e. The molecule has 0 aliphatic heterocycles. The molecule has 0 bridgehead atoms. The van der Waals surface area contributed by atoms with Crippen molar-refractivity contribution in [3.63, 3.8) is 0 Å². The Morgan fingerprint density at radius 1 is 1.05 bits per heavy atom. The van der Waals surface area contributed by atoms with Crippen LogP contribution in [0.25, 0.3) is 10.2 Å². The summed E-state index contributed by atoms with van der Waals surface area (Å²) in [6.45, 7) is 0. The first-order valence-electron chi connectivity index (χ1n) is 5.73. The van der Waals surface area contributed by atoms with Crippen LogP contribution in [0.15, 0.2) is 48.5 Å². The van der Waals surface area contributed by atoms with Gasteiger partial charge in [-0.15, -0.1) is 11.3 Å². The lowest BCUT2D eigenvalue weighted by atomic mass is 10.1. The summed E-state index contributed by atoms with van der Waals surface area (Å²) >= 11 is 7.19. The lowest BCUT2D eigenvalue weighted by Crippen LogP contribution is -2.03. The van der Waals surface area contributed by atoms with Crippen molar-refractivity contribution in [2.24, 2.45) is 0 Å². The first-order chi connectivity index (χ1) is 9.65. The molecule has 0 saturated carbocycles. The van der Waals surface area contributed by atoms with Gasteiger partial charge in [-0.05, 0) is 24.3 Å². The fraction of sp³-hybridized carbons (Fsp3) is 0. The molecule has 0 atom stereocenters. The monoisotopic (exact) mass is 321 g/mol. The predicted molar refractivity (Wildman–Crippen MR) is 83.2 cm³/mol. The number of aromatic nitrogens is 1. The lowest BCUT2D eigenvalue weighted by molar-refractivity contribution is 0.627. The fourth-order valence-corrected chi connectivity index (χ4v) is 3.76. The summed E-state index contributed by atoms with van der Waals surface area (Å²) in [4.78, 5) is 4.59. The summed E-state index contributed by atoms with van der Waals surface area (Å²) in [7, 11) is -2.37. The maximum atomic E-state index is 11.6. The average Bonchev–Trinajstić information content (AvgIpc) is 2.84. The molecule has 0 spiro atoms. The Labute approximate surface area is 126 Å². The number of benzene rings is 2. The Hall–Kier alpha value is -1.69. The molecule has 1 heterocycles. The van der Waals surface area contributed by atoms with Gasteiger partial charge >= 0.3 is 0 Å². The highest BCUT2D eigenvalue weighted by Gasteiger charge is 2.14. The van der Waals surface area contributed by atoms with Crippen LogP contribution in [0.3, 0.4) is 0 Å². The van der Waals surface area contributed by atoms with Crippen LogP contribution in [-0.2, 0) is 10.3 Å². The molecule has 2 aromatic carbocycles. The van der Waals surface area contributed by atoms with E-state index in [-0.39, 0.29) is 4.86 Å². The minimum Gasteiger partial charge on any atom is -0.235 e. The molecular weight excluding hydrogens is 314 g/mol. The second-order valence-electron chi connectivity index (χ2n) is 4.06. The van der Waals surface area contributed by atoms with Crippen LogP contribution < -0.4 is 0 Å². The van der Waals surface area contributed by atoms with Crippen LogP contribution >= 0.6 is 22.9 Å². The SMILES string of the molecule is O=S(=O)=C(c1ccc(Cl)cc1)c1nc2ccccc2s1. The Morgan fingerprint density at radius 3 is 2.40 bits per heavy atom. The second kappa shape index (κ2) is 5.36. The summed E-state index contributed by atoms with van der Waals surface area (Å²) in [5.41, 5.74) is 1.38. The molecule has 20 heavy (non-hydrogen) atoms. The minimum atomic E-state index is -2.37. The van der Waals surface area contributed by atoms with Gasteiger partial charge in [0.05, 0.1) is 10.2 Å². The number of fused-ring (bicyclic) bond motifs is 1. The molecule has 6 heteroatoms. The third kappa shape index (κ3) is 2.47. The van der Waals surface area contributed by atoms with Gasteiger partial charge in [-0.2, -0.15) is 8.42 Å². The molecule has 3 aromatic rings. The van der Waals surface area contributed by atoms with Crippen LogP contribution in [0.1, 0.15) is 10.6 Å². The topological polar surface area (TPSA) is 47.0 Å². The van der Waals surface area contributed by atoms with Gasteiger partial charge in [0.15, 0.2) is 0 Å². The Bertz CT molecular complexity index is 871. The molecule has 0 N–H and O–H groups in total. The van der Waals surface area contributed by atoms with Gasteiger partial charge in [0.25, 0.3) is 0 Å². The van der Waals surface area contributed by atoms with Crippen LogP contribution in [0, 0.1) is 0 Å². The van der Waals surface area contributed by atoms with Crippen molar-refractivity contribution in [2.45, 2.75) is 0 Å². The van der Waals surface area contributed by atoms with Crippen LogP contribution in [0.4, 0.5) is 0 Å². The van der Waals surface area contributed by atoms with E-state index in [0.717, 1.165) is 10.2 Å². The summed E-state index contributed by atoms with van der Waals surface area (Å²) in [6.07, 6.45) is 0. The quantitative estimate of drug-likeness (QED) is 0.537. The van der Waals surface area contributed by atoms with Crippen molar-refractivity contribution in [2.75, 3.05) is 0 Å². The molecule has 1 aromatic heterocycles. The van der Waals surface area contributed by atoms with Gasteiger partial charge in [0.1, 0.15) is 9.87 Å². The Kier molecular flexibility index (Phi) is 3.56. The Balaban J connectivity index is 2.22. The standard InChI is InChI=1S/C14H8ClNO2S2/c15-10-7-5-9(6-8-10)13(20(17)18)14-16-11-3-1-2-4-12(11)19-14/h1-8H. The molecule has 0 unspecified atom stereocenters. The molecule has 0 aliphatic rings. The van der Waals surface area contributed by atoms with Gasteiger partial charge in [0, 0.05) is 10.6 Å². The highest BCUT2D eigenvalue weighted by molar-refractivity contribution is 7.74. The first-order valence-corrected chi connectivity index (χ1v) is 8.00. The highest BCUT2D eigenvalue weighted by atomic mass is 35.5. The second-order valence-corrected chi connectivity index (χ2v) is 6.40. The molecule has 100 valence electrons. The van der Waals surface area contributed by atoms with Gasteiger partial charge in [0.2, 0.25) is 10.3 Å². The van der Waals surface area contributed by atoms with E-state index >= 15 is 0 Å². The van der Waals surface area contributed by atoms with E-state index in [1.807, 2.05) is 24.3 Å².